The molecule has 0 spiro atoms. The summed E-state index contributed by atoms with van der Waals surface area (Å²) in [7, 11) is 0. The third-order valence-electron chi connectivity index (χ3n) is 11.4. The predicted molar refractivity (Wildman–Crippen MR) is 227 cm³/mol. The topological polar surface area (TPSA) is 213 Å². The quantitative estimate of drug-likeness (QED) is 0.0799. The number of ether oxygens (including phenoxy) is 9. The van der Waals surface area contributed by atoms with Crippen LogP contribution in [0.25, 0.3) is 0 Å². The predicted octanol–water partition coefficient (Wildman–Crippen LogP) is 2.50. The highest BCUT2D eigenvalue weighted by Crippen LogP contribution is 2.36. The number of carbonyl (C=O) groups is 1. The van der Waals surface area contributed by atoms with E-state index in [-0.39, 0.29) is 33.0 Å². The van der Waals surface area contributed by atoms with E-state index >= 15 is 0 Å². The lowest BCUT2D eigenvalue weighted by Crippen LogP contribution is -2.69. The minimum absolute atomic E-state index is 0.103. The fourth-order valence-corrected chi connectivity index (χ4v) is 8.10. The number of aliphatic hydroxyl groups excluding tert-OH is 5. The van der Waals surface area contributed by atoms with E-state index in [0.717, 1.165) is 22.3 Å². The largest absolute Gasteiger partial charge is 0.394 e. The summed E-state index contributed by atoms with van der Waals surface area (Å²) in [5.41, 5.74) is 3.52. The highest BCUT2D eigenvalue weighted by atomic mass is 16.8. The van der Waals surface area contributed by atoms with Crippen LogP contribution in [0.3, 0.4) is 0 Å². The monoisotopic (exact) mass is 889 g/mol. The number of hydrogen-bond donors (Lipinski definition) is 6. The zero-order valence-electron chi connectivity index (χ0n) is 35.8. The highest BCUT2D eigenvalue weighted by molar-refractivity contribution is 5.73. The molecule has 6 N–H and O–H groups in total. The van der Waals surface area contributed by atoms with Crippen LogP contribution in [0, 0.1) is 0 Å². The molecule has 346 valence electrons. The van der Waals surface area contributed by atoms with E-state index in [1.165, 1.54) is 6.92 Å². The third-order valence-corrected chi connectivity index (χ3v) is 11.4. The van der Waals surface area contributed by atoms with Gasteiger partial charge in [0.05, 0.1) is 45.7 Å². The summed E-state index contributed by atoms with van der Waals surface area (Å²) in [4.78, 5) is 12.9. The number of hydrogen-bond acceptors (Lipinski definition) is 15. The fraction of sp³-hybridized carbons (Fsp3) is 0.479. The smallest absolute Gasteiger partial charge is 0.217 e. The molecule has 3 heterocycles. The minimum atomic E-state index is -1.82. The van der Waals surface area contributed by atoms with Crippen LogP contribution < -0.4 is 5.32 Å². The lowest BCUT2D eigenvalue weighted by Gasteiger charge is -2.50. The van der Waals surface area contributed by atoms with E-state index in [2.05, 4.69) is 5.32 Å². The molecule has 15 unspecified atom stereocenters. The van der Waals surface area contributed by atoms with Crippen LogP contribution in [0.1, 0.15) is 36.1 Å². The molecular weight excluding hydrogens is 831 g/mol. The van der Waals surface area contributed by atoms with Gasteiger partial charge in [-0.3, -0.25) is 4.79 Å². The van der Waals surface area contributed by atoms with Crippen LogP contribution in [0.15, 0.2) is 121 Å². The fourth-order valence-electron chi connectivity index (χ4n) is 8.10. The van der Waals surface area contributed by atoms with Gasteiger partial charge in [-0.2, -0.15) is 0 Å². The molecule has 0 aliphatic carbocycles. The summed E-state index contributed by atoms with van der Waals surface area (Å²) in [5, 5.41) is 57.0. The van der Waals surface area contributed by atoms with Crippen molar-refractivity contribution < 1.29 is 73.0 Å². The van der Waals surface area contributed by atoms with Crippen LogP contribution in [0.5, 0.6) is 0 Å². The van der Waals surface area contributed by atoms with E-state index < -0.39 is 105 Å². The molecule has 0 bridgehead atoms. The van der Waals surface area contributed by atoms with Gasteiger partial charge in [-0.15, -0.1) is 0 Å². The Morgan fingerprint density at radius 1 is 0.547 bits per heavy atom. The van der Waals surface area contributed by atoms with Gasteiger partial charge in [-0.05, 0) is 29.2 Å². The van der Waals surface area contributed by atoms with E-state index in [4.69, 9.17) is 42.6 Å². The van der Waals surface area contributed by atoms with Gasteiger partial charge in [0.15, 0.2) is 18.9 Å². The standard InChI is InChI=1S/C48H59NO15/c1-29-41(57-25-32-17-9-4-10-18-32)44(58-26-33-19-11-5-12-20-33)45(59-27-34-21-13-6-14-22-34)48(60-29)64-43-37(49-30(2)51)46(55)61-36(28-56-24-31-15-7-3-8-16-31)42(43)63-47-40(54)39(53)38(52)35(23-50)62-47/h3-22,29,35-48,50,52-55H,23-28H2,1-2H3,(H,49,51). The highest BCUT2D eigenvalue weighted by Gasteiger charge is 2.55. The molecule has 3 aliphatic rings. The lowest BCUT2D eigenvalue weighted by molar-refractivity contribution is -0.377. The Morgan fingerprint density at radius 3 is 1.55 bits per heavy atom. The first kappa shape index (κ1) is 47.7. The van der Waals surface area contributed by atoms with Crippen molar-refractivity contribution >= 4 is 5.91 Å². The van der Waals surface area contributed by atoms with Gasteiger partial charge in [0, 0.05) is 6.92 Å². The van der Waals surface area contributed by atoms with Gasteiger partial charge in [-0.25, -0.2) is 0 Å². The van der Waals surface area contributed by atoms with Gasteiger partial charge < -0.3 is 73.5 Å². The number of aliphatic hydroxyl groups is 5. The van der Waals surface area contributed by atoms with Crippen molar-refractivity contribution in [2.24, 2.45) is 0 Å². The average molecular weight is 890 g/mol. The molecule has 4 aromatic rings. The van der Waals surface area contributed by atoms with Gasteiger partial charge in [-0.1, -0.05) is 121 Å². The SMILES string of the molecule is CC(=O)NC1C(O)OC(COCc2ccccc2)C(OC2OC(CO)C(O)C(O)C2O)C1OC1OC(C)C(OCc2ccccc2)C(OCc2ccccc2)C1OCc1ccccc1. The Kier molecular flexibility index (Phi) is 17.4. The summed E-state index contributed by atoms with van der Waals surface area (Å²) in [5.74, 6) is -0.542. The van der Waals surface area contributed by atoms with Crippen molar-refractivity contribution in [2.75, 3.05) is 13.2 Å². The van der Waals surface area contributed by atoms with E-state index in [9.17, 15) is 30.3 Å². The van der Waals surface area contributed by atoms with Crippen molar-refractivity contribution in [3.05, 3.63) is 144 Å². The number of carbonyl (C=O) groups excluding carboxylic acids is 1. The molecule has 3 fully saturated rings. The number of rotatable bonds is 19. The molecule has 3 saturated heterocycles. The van der Waals surface area contributed by atoms with Crippen LogP contribution in [-0.2, 0) is 73.9 Å². The molecule has 15 atom stereocenters. The molecule has 0 aromatic heterocycles. The Labute approximate surface area is 372 Å². The summed E-state index contributed by atoms with van der Waals surface area (Å²) in [6, 6.07) is 36.8. The van der Waals surface area contributed by atoms with Gasteiger partial charge in [0.25, 0.3) is 0 Å². The molecule has 1 amide bonds. The number of nitrogens with one attached hydrogen (secondary N) is 1. The Hall–Kier alpha value is -4.21. The first-order valence-electron chi connectivity index (χ1n) is 21.6. The van der Waals surface area contributed by atoms with Gasteiger partial charge in [0.1, 0.15) is 67.1 Å². The zero-order chi connectivity index (χ0) is 45.0. The normalized spacial score (nSPS) is 33.1. The summed E-state index contributed by atoms with van der Waals surface area (Å²) >= 11 is 0. The minimum Gasteiger partial charge on any atom is -0.394 e. The van der Waals surface area contributed by atoms with Gasteiger partial charge in [0.2, 0.25) is 5.91 Å². The maximum absolute atomic E-state index is 12.9. The molecule has 64 heavy (non-hydrogen) atoms. The molecule has 3 aliphatic heterocycles. The molecule has 7 rings (SSSR count). The average Bonchev–Trinajstić information content (AvgIpc) is 3.31. The molecular formula is C48H59NO15. The summed E-state index contributed by atoms with van der Waals surface area (Å²) in [6.45, 7) is 2.83. The Morgan fingerprint density at radius 2 is 1.03 bits per heavy atom. The maximum atomic E-state index is 12.9. The van der Waals surface area contributed by atoms with Crippen molar-refractivity contribution in [3.8, 4) is 0 Å². The van der Waals surface area contributed by atoms with Crippen LogP contribution in [-0.4, -0.2) is 137 Å². The van der Waals surface area contributed by atoms with Crippen LogP contribution >= 0.6 is 0 Å². The lowest BCUT2D eigenvalue weighted by atomic mass is 9.94. The zero-order valence-corrected chi connectivity index (χ0v) is 35.8. The third kappa shape index (κ3) is 12.4. The molecule has 16 heteroatoms. The van der Waals surface area contributed by atoms with Crippen molar-refractivity contribution in [3.63, 3.8) is 0 Å². The number of benzene rings is 4. The summed E-state index contributed by atoms with van der Waals surface area (Å²) in [6.07, 6.45) is -18.4. The van der Waals surface area contributed by atoms with Crippen LogP contribution in [0.4, 0.5) is 0 Å². The molecule has 16 nitrogen and oxygen atoms in total. The first-order chi connectivity index (χ1) is 31.1. The molecule has 4 aromatic carbocycles. The van der Waals surface area contributed by atoms with Gasteiger partial charge >= 0.3 is 0 Å². The molecule has 0 saturated carbocycles. The Bertz CT molecular complexity index is 1970. The summed E-state index contributed by atoms with van der Waals surface area (Å²) < 4.78 is 58.2. The van der Waals surface area contributed by atoms with Crippen molar-refractivity contribution in [1.82, 2.24) is 5.32 Å². The van der Waals surface area contributed by atoms with Crippen LogP contribution in [0.2, 0.25) is 0 Å². The van der Waals surface area contributed by atoms with E-state index in [1.54, 1.807) is 0 Å². The van der Waals surface area contributed by atoms with E-state index in [1.807, 2.05) is 128 Å². The van der Waals surface area contributed by atoms with Crippen molar-refractivity contribution in [1.29, 1.82) is 0 Å². The van der Waals surface area contributed by atoms with Crippen molar-refractivity contribution in [2.45, 2.75) is 132 Å². The second-order valence-corrected chi connectivity index (χ2v) is 16.2. The van der Waals surface area contributed by atoms with E-state index in [0.29, 0.717) is 0 Å². The second-order valence-electron chi connectivity index (χ2n) is 16.2. The Balaban J connectivity index is 1.25. The molecule has 0 radical (unpaired) electrons. The number of amides is 1. The second kappa shape index (κ2) is 23.3. The first-order valence-corrected chi connectivity index (χ1v) is 21.6. The maximum Gasteiger partial charge on any atom is 0.217 e.